The summed E-state index contributed by atoms with van der Waals surface area (Å²) >= 11 is 1.44. The molecule has 2 aromatic carbocycles. The number of carbonyl (C=O) groups is 1. The van der Waals surface area contributed by atoms with Crippen molar-refractivity contribution in [3.63, 3.8) is 0 Å². The third kappa shape index (κ3) is 2.75. The van der Waals surface area contributed by atoms with Gasteiger partial charge in [0.25, 0.3) is 5.91 Å². The highest BCUT2D eigenvalue weighted by Gasteiger charge is 2.32. The molecule has 0 fully saturated rings. The van der Waals surface area contributed by atoms with Gasteiger partial charge in [-0.2, -0.15) is 0 Å². The number of rotatable bonds is 2. The van der Waals surface area contributed by atoms with E-state index >= 15 is 0 Å². The maximum atomic E-state index is 12.2. The van der Waals surface area contributed by atoms with E-state index < -0.39 is 17.3 Å². The number of hydrogen-bond donors (Lipinski definition) is 3. The average molecular weight is 316 g/mol. The fraction of sp³-hybridized carbons (Fsp3) is 0.188. The summed E-state index contributed by atoms with van der Waals surface area (Å²) in [7, 11) is 1.60. The van der Waals surface area contributed by atoms with Crippen molar-refractivity contribution in [1.82, 2.24) is 0 Å². The molecule has 1 aliphatic rings. The molecule has 1 amide bonds. The fourth-order valence-corrected chi connectivity index (χ4v) is 3.54. The number of aliphatic hydroxyl groups excluding tert-OH is 1. The molecule has 1 aliphatic heterocycles. The van der Waals surface area contributed by atoms with Gasteiger partial charge in [-0.05, 0) is 35.9 Å². The third-order valence-corrected chi connectivity index (χ3v) is 4.91. The summed E-state index contributed by atoms with van der Waals surface area (Å²) in [6.45, 7) is 0. The van der Waals surface area contributed by atoms with Crippen molar-refractivity contribution in [3.8, 4) is 5.75 Å². The number of ether oxygens (including phenoxy) is 1. The van der Waals surface area contributed by atoms with Gasteiger partial charge in [-0.25, -0.2) is 0 Å². The lowest BCUT2D eigenvalue weighted by molar-refractivity contribution is -0.124. The molecule has 0 saturated heterocycles. The summed E-state index contributed by atoms with van der Waals surface area (Å²) in [5.41, 5.74) is 7.81. The molecule has 0 unspecified atom stereocenters. The van der Waals surface area contributed by atoms with E-state index in [1.54, 1.807) is 19.2 Å². The first-order chi connectivity index (χ1) is 10.6. The van der Waals surface area contributed by atoms with Crippen LogP contribution < -0.4 is 15.8 Å². The summed E-state index contributed by atoms with van der Waals surface area (Å²) in [5, 5.41) is 12.7. The van der Waals surface area contributed by atoms with E-state index in [9.17, 15) is 9.90 Å². The van der Waals surface area contributed by atoms with Crippen LogP contribution in [0, 0.1) is 0 Å². The SMILES string of the molecule is COc1ccc([C@H]2Sc3ccc(N)cc3NC(=O)[C@H]2O)cc1. The van der Waals surface area contributed by atoms with Crippen LogP contribution in [0.4, 0.5) is 11.4 Å². The van der Waals surface area contributed by atoms with Crippen molar-refractivity contribution in [2.24, 2.45) is 0 Å². The second-order valence-electron chi connectivity index (χ2n) is 5.00. The predicted molar refractivity (Wildman–Crippen MR) is 87.1 cm³/mol. The number of nitrogens with two attached hydrogens (primary N) is 1. The Labute approximate surface area is 132 Å². The molecule has 22 heavy (non-hydrogen) atoms. The minimum atomic E-state index is -1.15. The summed E-state index contributed by atoms with van der Waals surface area (Å²) in [6.07, 6.45) is -1.15. The van der Waals surface area contributed by atoms with Crippen LogP contribution in [0.5, 0.6) is 5.75 Å². The number of anilines is 2. The summed E-state index contributed by atoms with van der Waals surface area (Å²) in [5.74, 6) is 0.298. The molecule has 0 saturated carbocycles. The third-order valence-electron chi connectivity index (χ3n) is 3.52. The molecule has 6 heteroatoms. The molecule has 0 aliphatic carbocycles. The lowest BCUT2D eigenvalue weighted by Crippen LogP contribution is -2.30. The number of benzene rings is 2. The smallest absolute Gasteiger partial charge is 0.254 e. The molecule has 5 nitrogen and oxygen atoms in total. The molecule has 3 rings (SSSR count). The molecule has 2 aromatic rings. The molecule has 1 heterocycles. The molecule has 0 aromatic heterocycles. The first-order valence-electron chi connectivity index (χ1n) is 6.77. The van der Waals surface area contributed by atoms with Crippen molar-refractivity contribution < 1.29 is 14.6 Å². The summed E-state index contributed by atoms with van der Waals surface area (Å²) < 4.78 is 5.14. The number of fused-ring (bicyclic) bond motifs is 1. The number of hydrogen-bond acceptors (Lipinski definition) is 5. The van der Waals surface area contributed by atoms with Crippen LogP contribution in [-0.2, 0) is 4.79 Å². The first kappa shape index (κ1) is 14.7. The standard InChI is InChI=1S/C16H16N2O3S/c1-21-11-5-2-9(3-6-11)15-14(19)16(20)18-12-8-10(17)4-7-13(12)22-15/h2-8,14-15,19H,17H2,1H3,(H,18,20)/t14-,15+/m0/s1. The second kappa shape index (κ2) is 5.90. The van der Waals surface area contributed by atoms with Crippen molar-refractivity contribution >= 4 is 29.0 Å². The molecular weight excluding hydrogens is 300 g/mol. The molecule has 0 bridgehead atoms. The van der Waals surface area contributed by atoms with Gasteiger partial charge in [-0.1, -0.05) is 12.1 Å². The minimum Gasteiger partial charge on any atom is -0.497 e. The van der Waals surface area contributed by atoms with Crippen LogP contribution in [0.15, 0.2) is 47.4 Å². The Balaban J connectivity index is 1.99. The fourth-order valence-electron chi connectivity index (χ4n) is 2.34. The van der Waals surface area contributed by atoms with Crippen molar-refractivity contribution in [3.05, 3.63) is 48.0 Å². The van der Waals surface area contributed by atoms with Gasteiger partial charge in [0.2, 0.25) is 0 Å². The van der Waals surface area contributed by atoms with Crippen LogP contribution in [0.1, 0.15) is 10.8 Å². The Morgan fingerprint density at radius 1 is 1.23 bits per heavy atom. The Morgan fingerprint density at radius 2 is 1.95 bits per heavy atom. The predicted octanol–water partition coefficient (Wildman–Crippen LogP) is 2.42. The van der Waals surface area contributed by atoms with Crippen LogP contribution >= 0.6 is 11.8 Å². The lowest BCUT2D eigenvalue weighted by Gasteiger charge is -2.19. The van der Waals surface area contributed by atoms with Gasteiger partial charge in [0, 0.05) is 10.6 Å². The Hall–Kier alpha value is -2.18. The molecule has 2 atom stereocenters. The number of methoxy groups -OCH3 is 1. The maximum absolute atomic E-state index is 12.2. The molecular formula is C16H16N2O3S. The summed E-state index contributed by atoms with van der Waals surface area (Å²) in [6, 6.07) is 12.7. The van der Waals surface area contributed by atoms with E-state index in [1.807, 2.05) is 30.3 Å². The van der Waals surface area contributed by atoms with Crippen LogP contribution in [0.2, 0.25) is 0 Å². The van der Waals surface area contributed by atoms with Crippen LogP contribution in [0.3, 0.4) is 0 Å². The molecule has 0 spiro atoms. The van der Waals surface area contributed by atoms with E-state index in [1.165, 1.54) is 11.8 Å². The van der Waals surface area contributed by atoms with E-state index in [2.05, 4.69) is 5.32 Å². The van der Waals surface area contributed by atoms with E-state index in [0.29, 0.717) is 11.4 Å². The van der Waals surface area contributed by atoms with Gasteiger partial charge in [0.15, 0.2) is 0 Å². The van der Waals surface area contributed by atoms with Crippen LogP contribution in [0.25, 0.3) is 0 Å². The Bertz CT molecular complexity index is 703. The number of thioether (sulfide) groups is 1. The van der Waals surface area contributed by atoms with E-state index in [4.69, 9.17) is 10.5 Å². The van der Waals surface area contributed by atoms with E-state index in [0.717, 1.165) is 16.2 Å². The molecule has 114 valence electrons. The van der Waals surface area contributed by atoms with Gasteiger partial charge < -0.3 is 20.9 Å². The average Bonchev–Trinajstić information content (AvgIpc) is 2.65. The summed E-state index contributed by atoms with van der Waals surface area (Å²) in [4.78, 5) is 13.0. The van der Waals surface area contributed by atoms with Crippen molar-refractivity contribution in [1.29, 1.82) is 0 Å². The van der Waals surface area contributed by atoms with Gasteiger partial charge in [-0.3, -0.25) is 4.79 Å². The zero-order valence-electron chi connectivity index (χ0n) is 11.9. The minimum absolute atomic E-state index is 0.393. The zero-order chi connectivity index (χ0) is 15.7. The largest absolute Gasteiger partial charge is 0.497 e. The lowest BCUT2D eigenvalue weighted by atomic mass is 10.1. The topological polar surface area (TPSA) is 84.6 Å². The van der Waals surface area contributed by atoms with Crippen LogP contribution in [-0.4, -0.2) is 24.2 Å². The monoisotopic (exact) mass is 316 g/mol. The number of carbonyl (C=O) groups excluding carboxylic acids is 1. The number of aliphatic hydroxyl groups is 1. The highest BCUT2D eigenvalue weighted by atomic mass is 32.2. The van der Waals surface area contributed by atoms with Gasteiger partial charge >= 0.3 is 0 Å². The zero-order valence-corrected chi connectivity index (χ0v) is 12.8. The number of nitrogen functional groups attached to an aromatic ring is 1. The van der Waals surface area contributed by atoms with Gasteiger partial charge in [0.05, 0.1) is 18.0 Å². The highest BCUT2D eigenvalue weighted by molar-refractivity contribution is 7.99. The van der Waals surface area contributed by atoms with Crippen molar-refractivity contribution in [2.45, 2.75) is 16.2 Å². The molecule has 0 radical (unpaired) electrons. The Kier molecular flexibility index (Phi) is 3.96. The first-order valence-corrected chi connectivity index (χ1v) is 7.65. The van der Waals surface area contributed by atoms with E-state index in [-0.39, 0.29) is 0 Å². The maximum Gasteiger partial charge on any atom is 0.254 e. The number of nitrogens with one attached hydrogen (secondary N) is 1. The Morgan fingerprint density at radius 3 is 2.64 bits per heavy atom. The van der Waals surface area contributed by atoms with Crippen molar-refractivity contribution in [2.75, 3.05) is 18.2 Å². The van der Waals surface area contributed by atoms with Gasteiger partial charge in [-0.15, -0.1) is 11.8 Å². The van der Waals surface area contributed by atoms with Gasteiger partial charge in [0.1, 0.15) is 11.9 Å². The number of amides is 1. The quantitative estimate of drug-likeness (QED) is 0.741. The normalized spacial score (nSPS) is 20.7. The highest BCUT2D eigenvalue weighted by Crippen LogP contribution is 2.44. The second-order valence-corrected chi connectivity index (χ2v) is 6.18. The molecule has 4 N–H and O–H groups in total.